The van der Waals surface area contributed by atoms with Gasteiger partial charge < -0.3 is 5.73 Å². The van der Waals surface area contributed by atoms with Gasteiger partial charge in [-0.2, -0.15) is 4.31 Å². The van der Waals surface area contributed by atoms with Crippen LogP contribution in [0.4, 0.5) is 5.69 Å². The lowest BCUT2D eigenvalue weighted by Crippen LogP contribution is -2.34. The number of nitrogens with two attached hydrogens (primary N) is 1. The van der Waals surface area contributed by atoms with Crippen LogP contribution in [-0.4, -0.2) is 39.0 Å². The second kappa shape index (κ2) is 5.89. The van der Waals surface area contributed by atoms with Crippen molar-refractivity contribution in [3.8, 4) is 0 Å². The fourth-order valence-electron chi connectivity index (χ4n) is 1.58. The summed E-state index contributed by atoms with van der Waals surface area (Å²) in [4.78, 5) is 0. The van der Waals surface area contributed by atoms with Crippen molar-refractivity contribution in [3.05, 3.63) is 29.8 Å². The molecule has 0 amide bonds. The normalized spacial score (nSPS) is 12.8. The van der Waals surface area contributed by atoms with Crippen LogP contribution in [0.5, 0.6) is 0 Å². The summed E-state index contributed by atoms with van der Waals surface area (Å²) in [5.41, 5.74) is 6.89. The second-order valence-corrected chi connectivity index (χ2v) is 8.80. The van der Waals surface area contributed by atoms with Crippen LogP contribution in [0.1, 0.15) is 12.5 Å². The summed E-state index contributed by atoms with van der Waals surface area (Å²) in [5, 5.41) is -0.872. The van der Waals surface area contributed by atoms with Gasteiger partial charge in [0.15, 0.2) is 14.9 Å². The van der Waals surface area contributed by atoms with Crippen LogP contribution in [0.2, 0.25) is 0 Å². The van der Waals surface area contributed by atoms with Crippen LogP contribution < -0.4 is 5.73 Å². The van der Waals surface area contributed by atoms with Crippen molar-refractivity contribution in [2.24, 2.45) is 0 Å². The highest BCUT2D eigenvalue weighted by atomic mass is 32.3. The van der Waals surface area contributed by atoms with Crippen LogP contribution in [-0.2, 0) is 26.4 Å². The van der Waals surface area contributed by atoms with E-state index in [2.05, 4.69) is 0 Å². The highest BCUT2D eigenvalue weighted by Crippen LogP contribution is 2.12. The molecule has 19 heavy (non-hydrogen) atoms. The van der Waals surface area contributed by atoms with Gasteiger partial charge in [0.05, 0.1) is 0 Å². The standard InChI is InChI=1S/C11H18N2O4S2/c1-3-13(19(16,17)9-18(2,14)15)8-10-4-6-11(12)7-5-10/h4-7H,3,8-9,12H2,1-2H3. The maximum Gasteiger partial charge on any atom is 0.228 e. The number of sulfonamides is 1. The topological polar surface area (TPSA) is 97.5 Å². The van der Waals surface area contributed by atoms with Crippen molar-refractivity contribution >= 4 is 25.5 Å². The molecule has 0 unspecified atom stereocenters. The van der Waals surface area contributed by atoms with Crippen molar-refractivity contribution < 1.29 is 16.8 Å². The molecule has 0 aliphatic heterocycles. The van der Waals surface area contributed by atoms with Gasteiger partial charge >= 0.3 is 0 Å². The molecule has 0 heterocycles. The molecule has 8 heteroatoms. The first-order valence-electron chi connectivity index (χ1n) is 5.64. The third-order valence-corrected chi connectivity index (χ3v) is 6.53. The summed E-state index contributed by atoms with van der Waals surface area (Å²) in [6.07, 6.45) is 0.904. The Kier molecular flexibility index (Phi) is 4.94. The first kappa shape index (κ1) is 15.9. The van der Waals surface area contributed by atoms with Crippen molar-refractivity contribution in [3.63, 3.8) is 0 Å². The Morgan fingerprint density at radius 3 is 2.05 bits per heavy atom. The molecule has 1 aromatic carbocycles. The lowest BCUT2D eigenvalue weighted by atomic mass is 10.2. The summed E-state index contributed by atoms with van der Waals surface area (Å²) in [7, 11) is -7.41. The average molecular weight is 306 g/mol. The quantitative estimate of drug-likeness (QED) is 0.768. The van der Waals surface area contributed by atoms with Gasteiger partial charge in [0.2, 0.25) is 10.0 Å². The zero-order valence-corrected chi connectivity index (χ0v) is 12.5. The fourth-order valence-corrected chi connectivity index (χ4v) is 5.08. The van der Waals surface area contributed by atoms with E-state index >= 15 is 0 Å². The Morgan fingerprint density at radius 2 is 1.63 bits per heavy atom. The van der Waals surface area contributed by atoms with E-state index in [1.165, 1.54) is 0 Å². The monoisotopic (exact) mass is 306 g/mol. The number of anilines is 1. The van der Waals surface area contributed by atoms with E-state index in [9.17, 15) is 16.8 Å². The third-order valence-electron chi connectivity index (χ3n) is 2.45. The zero-order valence-electron chi connectivity index (χ0n) is 10.9. The molecule has 0 saturated carbocycles. The minimum atomic E-state index is -3.82. The van der Waals surface area contributed by atoms with E-state index in [1.807, 2.05) is 0 Å². The smallest absolute Gasteiger partial charge is 0.228 e. The highest BCUT2D eigenvalue weighted by Gasteiger charge is 2.25. The largest absolute Gasteiger partial charge is 0.399 e. The number of benzene rings is 1. The SMILES string of the molecule is CCN(Cc1ccc(N)cc1)S(=O)(=O)CS(C)(=O)=O. The summed E-state index contributed by atoms with van der Waals surface area (Å²) in [6.45, 7) is 2.01. The van der Waals surface area contributed by atoms with E-state index in [0.29, 0.717) is 5.69 Å². The van der Waals surface area contributed by atoms with Gasteiger partial charge in [-0.3, -0.25) is 0 Å². The number of hydrogen-bond donors (Lipinski definition) is 1. The molecular weight excluding hydrogens is 288 g/mol. The van der Waals surface area contributed by atoms with E-state index in [-0.39, 0.29) is 13.1 Å². The maximum atomic E-state index is 12.0. The molecule has 1 aromatic rings. The van der Waals surface area contributed by atoms with Gasteiger partial charge in [0, 0.05) is 25.0 Å². The van der Waals surface area contributed by atoms with Crippen LogP contribution in [0.25, 0.3) is 0 Å². The molecule has 0 atom stereocenters. The molecule has 1 rings (SSSR count). The van der Waals surface area contributed by atoms with Gasteiger partial charge in [0.25, 0.3) is 0 Å². The molecule has 0 fully saturated rings. The van der Waals surface area contributed by atoms with Crippen LogP contribution in [0.3, 0.4) is 0 Å². The Bertz CT molecular complexity index is 621. The minimum Gasteiger partial charge on any atom is -0.399 e. The molecule has 0 spiro atoms. The Hall–Kier alpha value is -1.12. The summed E-state index contributed by atoms with van der Waals surface area (Å²) < 4.78 is 47.4. The molecule has 0 radical (unpaired) electrons. The average Bonchev–Trinajstić information content (AvgIpc) is 2.24. The number of nitrogens with zero attached hydrogens (tertiary/aromatic N) is 1. The molecule has 6 nitrogen and oxygen atoms in total. The van der Waals surface area contributed by atoms with E-state index < -0.39 is 24.9 Å². The van der Waals surface area contributed by atoms with E-state index in [1.54, 1.807) is 31.2 Å². The first-order chi connectivity index (χ1) is 8.64. The number of nitrogen functional groups attached to an aromatic ring is 1. The van der Waals surface area contributed by atoms with Gasteiger partial charge in [-0.15, -0.1) is 0 Å². The molecule has 0 aliphatic carbocycles. The van der Waals surface area contributed by atoms with Gasteiger partial charge in [-0.1, -0.05) is 19.1 Å². The zero-order chi connectivity index (χ0) is 14.7. The molecule has 2 N–H and O–H groups in total. The Labute approximate surface area is 114 Å². The highest BCUT2D eigenvalue weighted by molar-refractivity contribution is 8.06. The first-order valence-corrected chi connectivity index (χ1v) is 9.31. The Morgan fingerprint density at radius 1 is 1.11 bits per heavy atom. The summed E-state index contributed by atoms with van der Waals surface area (Å²) >= 11 is 0. The van der Waals surface area contributed by atoms with Gasteiger partial charge in [0.1, 0.15) is 0 Å². The summed E-state index contributed by atoms with van der Waals surface area (Å²) in [6, 6.07) is 6.78. The third kappa shape index (κ3) is 5.17. The Balaban J connectivity index is 2.92. The predicted molar refractivity (Wildman–Crippen MR) is 75.6 cm³/mol. The van der Waals surface area contributed by atoms with Crippen molar-refractivity contribution in [1.29, 1.82) is 0 Å². The van der Waals surface area contributed by atoms with Crippen LogP contribution in [0, 0.1) is 0 Å². The molecule has 0 bridgehead atoms. The number of hydrogen-bond acceptors (Lipinski definition) is 5. The predicted octanol–water partition coefficient (Wildman–Crippen LogP) is 0.423. The summed E-state index contributed by atoms with van der Waals surface area (Å²) in [5.74, 6) is 0. The molecular formula is C11H18N2O4S2. The maximum absolute atomic E-state index is 12.0. The van der Waals surface area contributed by atoms with Gasteiger partial charge in [-0.05, 0) is 17.7 Å². The van der Waals surface area contributed by atoms with E-state index in [4.69, 9.17) is 5.73 Å². The van der Waals surface area contributed by atoms with E-state index in [0.717, 1.165) is 16.1 Å². The van der Waals surface area contributed by atoms with Crippen LogP contribution in [0.15, 0.2) is 24.3 Å². The van der Waals surface area contributed by atoms with Crippen molar-refractivity contribution in [2.75, 3.05) is 23.6 Å². The van der Waals surface area contributed by atoms with Crippen molar-refractivity contribution in [2.45, 2.75) is 13.5 Å². The second-order valence-electron chi connectivity index (χ2n) is 4.32. The molecule has 0 aliphatic rings. The van der Waals surface area contributed by atoms with Crippen LogP contribution >= 0.6 is 0 Å². The van der Waals surface area contributed by atoms with Gasteiger partial charge in [-0.25, -0.2) is 16.8 Å². The molecule has 0 saturated heterocycles. The lowest BCUT2D eigenvalue weighted by molar-refractivity contribution is 0.426. The lowest BCUT2D eigenvalue weighted by Gasteiger charge is -2.20. The molecule has 0 aromatic heterocycles. The molecule has 108 valence electrons. The van der Waals surface area contributed by atoms with Crippen molar-refractivity contribution in [1.82, 2.24) is 4.31 Å². The number of rotatable bonds is 6. The fraction of sp³-hybridized carbons (Fsp3) is 0.455. The minimum absolute atomic E-state index is 0.134. The number of sulfone groups is 1.